The molecule has 1 aromatic rings. The molecule has 22 heavy (non-hydrogen) atoms. The molecule has 0 saturated carbocycles. The van der Waals surface area contributed by atoms with Crippen LogP contribution in [0.1, 0.15) is 63.6 Å². The van der Waals surface area contributed by atoms with E-state index in [1.165, 1.54) is 11.3 Å². The molecule has 0 aliphatic heterocycles. The highest BCUT2D eigenvalue weighted by molar-refractivity contribution is 7.11. The van der Waals surface area contributed by atoms with Crippen LogP contribution in [-0.2, 0) is 9.53 Å². The number of ether oxygens (including phenoxy) is 1. The van der Waals surface area contributed by atoms with Gasteiger partial charge >= 0.3 is 5.97 Å². The number of carbonyl (C=O) groups excluding carboxylic acids is 2. The minimum atomic E-state index is -0.551. The average molecular weight is 322 g/mol. The van der Waals surface area contributed by atoms with Crippen LogP contribution in [0.25, 0.3) is 0 Å². The third kappa shape index (κ3) is 6.14. The molecule has 0 N–H and O–H groups in total. The smallest absolute Gasteiger partial charge is 0.348 e. The Labute approximate surface area is 137 Å². The summed E-state index contributed by atoms with van der Waals surface area (Å²) in [6.07, 6.45) is 1.98. The molecule has 1 heterocycles. The summed E-state index contributed by atoms with van der Waals surface area (Å²) in [7, 11) is 0. The summed E-state index contributed by atoms with van der Waals surface area (Å²) in [6, 6.07) is 3.60. The minimum Gasteiger partial charge on any atom is -0.455 e. The SMILES string of the molecule is C=C(C)C(=O)CC(C)(C)CCC(C)(C)OC(=O)c1cccs1. The fourth-order valence-corrected chi connectivity index (χ4v) is 2.66. The van der Waals surface area contributed by atoms with Gasteiger partial charge in [-0.2, -0.15) is 0 Å². The van der Waals surface area contributed by atoms with Crippen LogP contribution < -0.4 is 0 Å². The molecule has 0 amide bonds. The lowest BCUT2D eigenvalue weighted by Gasteiger charge is -2.30. The molecule has 0 spiro atoms. The van der Waals surface area contributed by atoms with Gasteiger partial charge in [-0.3, -0.25) is 4.79 Å². The van der Waals surface area contributed by atoms with Crippen molar-refractivity contribution in [3.8, 4) is 0 Å². The van der Waals surface area contributed by atoms with E-state index in [0.717, 1.165) is 6.42 Å². The van der Waals surface area contributed by atoms with E-state index in [2.05, 4.69) is 20.4 Å². The Bertz CT molecular complexity index is 539. The van der Waals surface area contributed by atoms with Crippen molar-refractivity contribution in [2.45, 2.75) is 59.5 Å². The molecule has 0 aromatic carbocycles. The number of esters is 1. The molecule has 0 fully saturated rings. The van der Waals surface area contributed by atoms with Crippen molar-refractivity contribution in [3.63, 3.8) is 0 Å². The van der Waals surface area contributed by atoms with E-state index in [1.54, 1.807) is 13.0 Å². The number of rotatable bonds is 8. The molecule has 0 radical (unpaired) electrons. The van der Waals surface area contributed by atoms with Gasteiger partial charge in [-0.15, -0.1) is 11.3 Å². The maximum Gasteiger partial charge on any atom is 0.348 e. The van der Waals surface area contributed by atoms with Gasteiger partial charge in [-0.05, 0) is 56.0 Å². The Balaban J connectivity index is 2.55. The quantitative estimate of drug-likeness (QED) is 0.498. The minimum absolute atomic E-state index is 0.0957. The van der Waals surface area contributed by atoms with Crippen LogP contribution in [0.4, 0.5) is 0 Å². The zero-order chi connectivity index (χ0) is 17.0. The molecule has 122 valence electrons. The van der Waals surface area contributed by atoms with Gasteiger partial charge in [-0.25, -0.2) is 4.79 Å². The van der Waals surface area contributed by atoms with Crippen molar-refractivity contribution in [3.05, 3.63) is 34.5 Å². The van der Waals surface area contributed by atoms with Crippen molar-refractivity contribution in [1.82, 2.24) is 0 Å². The van der Waals surface area contributed by atoms with E-state index in [0.29, 0.717) is 23.3 Å². The van der Waals surface area contributed by atoms with Gasteiger partial charge in [0.25, 0.3) is 0 Å². The first-order valence-electron chi connectivity index (χ1n) is 7.48. The van der Waals surface area contributed by atoms with Crippen LogP contribution in [0.3, 0.4) is 0 Å². The number of thiophene rings is 1. The lowest BCUT2D eigenvalue weighted by atomic mass is 9.79. The standard InChI is InChI=1S/C18H26O3S/c1-13(2)14(19)12-17(3,4)9-10-18(5,6)21-16(20)15-8-7-11-22-15/h7-8,11H,1,9-10,12H2,2-6H3. The Kier molecular flexibility index (Phi) is 6.12. The van der Waals surface area contributed by atoms with Gasteiger partial charge in [-0.1, -0.05) is 26.5 Å². The van der Waals surface area contributed by atoms with E-state index in [9.17, 15) is 9.59 Å². The van der Waals surface area contributed by atoms with Crippen LogP contribution in [0.5, 0.6) is 0 Å². The maximum absolute atomic E-state index is 12.0. The second kappa shape index (κ2) is 7.23. The largest absolute Gasteiger partial charge is 0.455 e. The first-order chi connectivity index (χ1) is 10.0. The highest BCUT2D eigenvalue weighted by Gasteiger charge is 2.29. The van der Waals surface area contributed by atoms with Crippen LogP contribution >= 0.6 is 11.3 Å². The molecule has 0 atom stereocenters. The van der Waals surface area contributed by atoms with Crippen molar-refractivity contribution in [2.24, 2.45) is 5.41 Å². The van der Waals surface area contributed by atoms with Gasteiger partial charge in [0.1, 0.15) is 10.5 Å². The normalized spacial score (nSPS) is 12.0. The molecule has 1 rings (SSSR count). The Morgan fingerprint density at radius 3 is 2.36 bits per heavy atom. The first kappa shape index (κ1) is 18.6. The summed E-state index contributed by atoms with van der Waals surface area (Å²) in [6.45, 7) is 13.4. The van der Waals surface area contributed by atoms with Crippen molar-refractivity contribution >= 4 is 23.1 Å². The van der Waals surface area contributed by atoms with Crippen molar-refractivity contribution < 1.29 is 14.3 Å². The predicted octanol–water partition coefficient (Wildman–Crippen LogP) is 5.03. The molecule has 0 saturated heterocycles. The number of ketones is 1. The molecule has 0 unspecified atom stereocenters. The van der Waals surface area contributed by atoms with Crippen LogP contribution in [0, 0.1) is 5.41 Å². The van der Waals surface area contributed by atoms with Crippen LogP contribution in [0.15, 0.2) is 29.7 Å². The van der Waals surface area contributed by atoms with Crippen LogP contribution in [-0.4, -0.2) is 17.4 Å². The van der Waals surface area contributed by atoms with Crippen LogP contribution in [0.2, 0.25) is 0 Å². The van der Waals surface area contributed by atoms with Gasteiger partial charge in [0.15, 0.2) is 5.78 Å². The van der Waals surface area contributed by atoms with Gasteiger partial charge in [0.05, 0.1) is 0 Å². The highest BCUT2D eigenvalue weighted by atomic mass is 32.1. The van der Waals surface area contributed by atoms with E-state index < -0.39 is 5.60 Å². The number of allylic oxidation sites excluding steroid dienone is 1. The lowest BCUT2D eigenvalue weighted by Crippen LogP contribution is -2.30. The lowest BCUT2D eigenvalue weighted by molar-refractivity contribution is -0.117. The summed E-state index contributed by atoms with van der Waals surface area (Å²) in [4.78, 5) is 24.5. The zero-order valence-electron chi connectivity index (χ0n) is 14.2. The number of hydrogen-bond acceptors (Lipinski definition) is 4. The number of hydrogen-bond donors (Lipinski definition) is 0. The van der Waals surface area contributed by atoms with E-state index in [1.807, 2.05) is 25.3 Å². The molecule has 0 aliphatic carbocycles. The third-order valence-corrected chi connectivity index (χ3v) is 4.46. The molecule has 0 bridgehead atoms. The van der Waals surface area contributed by atoms with E-state index >= 15 is 0 Å². The molecular formula is C18H26O3S. The average Bonchev–Trinajstić information content (AvgIpc) is 2.89. The Morgan fingerprint density at radius 1 is 1.23 bits per heavy atom. The van der Waals surface area contributed by atoms with Crippen molar-refractivity contribution in [1.29, 1.82) is 0 Å². The molecule has 0 aliphatic rings. The fourth-order valence-electron chi connectivity index (χ4n) is 2.06. The topological polar surface area (TPSA) is 43.4 Å². The summed E-state index contributed by atoms with van der Waals surface area (Å²) in [5.74, 6) is -0.186. The molecular weight excluding hydrogens is 296 g/mol. The second-order valence-corrected chi connectivity index (χ2v) is 8.12. The van der Waals surface area contributed by atoms with E-state index in [4.69, 9.17) is 4.74 Å². The van der Waals surface area contributed by atoms with E-state index in [-0.39, 0.29) is 17.2 Å². The summed E-state index contributed by atoms with van der Waals surface area (Å²) < 4.78 is 5.60. The summed E-state index contributed by atoms with van der Waals surface area (Å²) >= 11 is 1.38. The third-order valence-electron chi connectivity index (χ3n) is 3.61. The number of carbonyl (C=O) groups is 2. The maximum atomic E-state index is 12.0. The van der Waals surface area contributed by atoms with Crippen molar-refractivity contribution in [2.75, 3.05) is 0 Å². The van der Waals surface area contributed by atoms with Gasteiger partial charge in [0, 0.05) is 6.42 Å². The predicted molar refractivity (Wildman–Crippen MR) is 91.3 cm³/mol. The molecule has 1 aromatic heterocycles. The fraction of sp³-hybridized carbons (Fsp3) is 0.556. The van der Waals surface area contributed by atoms with Gasteiger partial charge in [0.2, 0.25) is 0 Å². The Hall–Kier alpha value is -1.42. The first-order valence-corrected chi connectivity index (χ1v) is 8.36. The molecule has 3 nitrogen and oxygen atoms in total. The molecule has 4 heteroatoms. The van der Waals surface area contributed by atoms with Gasteiger partial charge < -0.3 is 4.74 Å². The number of Topliss-reactive ketones (excluding diaryl/α,β-unsaturated/α-hetero) is 1. The highest BCUT2D eigenvalue weighted by Crippen LogP contribution is 2.32. The monoisotopic (exact) mass is 322 g/mol. The summed E-state index contributed by atoms with van der Waals surface area (Å²) in [5.41, 5.74) is -0.0933. The zero-order valence-corrected chi connectivity index (χ0v) is 15.0. The second-order valence-electron chi connectivity index (χ2n) is 7.17. The summed E-state index contributed by atoms with van der Waals surface area (Å²) in [5, 5.41) is 1.86. The Morgan fingerprint density at radius 2 is 1.86 bits per heavy atom.